The second-order valence-electron chi connectivity index (χ2n) is 6.16. The van der Waals surface area contributed by atoms with Crippen LogP contribution in [0.3, 0.4) is 0 Å². The van der Waals surface area contributed by atoms with Crippen LogP contribution < -0.4 is 5.73 Å². The van der Waals surface area contributed by atoms with Gasteiger partial charge in [0.1, 0.15) is 12.1 Å². The lowest BCUT2D eigenvalue weighted by atomic mass is 10.0. The van der Waals surface area contributed by atoms with Gasteiger partial charge in [0.15, 0.2) is 0 Å². The Kier molecular flexibility index (Phi) is 4.52. The van der Waals surface area contributed by atoms with Gasteiger partial charge >= 0.3 is 0 Å². The molecule has 3 aromatic rings. The molecule has 1 saturated heterocycles. The number of ether oxygens (including phenoxy) is 1. The molecule has 0 amide bonds. The molecule has 0 spiro atoms. The van der Waals surface area contributed by atoms with Crippen molar-refractivity contribution in [2.24, 2.45) is 0 Å². The van der Waals surface area contributed by atoms with Crippen molar-refractivity contribution in [1.82, 2.24) is 24.5 Å². The van der Waals surface area contributed by atoms with E-state index in [0.29, 0.717) is 17.2 Å². The number of fused-ring (bicyclic) bond motifs is 1. The Morgan fingerprint density at radius 2 is 1.96 bits per heavy atom. The Hall–Kier alpha value is -2.95. The zero-order valence-corrected chi connectivity index (χ0v) is 14.6. The molecule has 0 saturated carbocycles. The quantitative estimate of drug-likeness (QED) is 0.706. The minimum atomic E-state index is -0.0228. The smallest absolute Gasteiger partial charge is 0.254 e. The highest BCUT2D eigenvalue weighted by atomic mass is 16.5. The summed E-state index contributed by atoms with van der Waals surface area (Å²) < 4.78 is 7.00. The predicted molar refractivity (Wildman–Crippen MR) is 98.4 cm³/mol. The van der Waals surface area contributed by atoms with E-state index in [9.17, 15) is 0 Å². The van der Waals surface area contributed by atoms with Crippen LogP contribution in [0.2, 0.25) is 0 Å². The average molecular weight is 348 g/mol. The van der Waals surface area contributed by atoms with E-state index >= 15 is 0 Å². The van der Waals surface area contributed by atoms with E-state index in [1.807, 2.05) is 25.1 Å². The minimum Gasteiger partial charge on any atom is -0.382 e. The molecule has 0 bridgehead atoms. The summed E-state index contributed by atoms with van der Waals surface area (Å²) in [6.07, 6.45) is 1.44. The van der Waals surface area contributed by atoms with Gasteiger partial charge < -0.3 is 10.5 Å². The molecule has 26 heavy (non-hydrogen) atoms. The molecule has 7 heteroatoms. The molecule has 2 N–H and O–H groups in total. The van der Waals surface area contributed by atoms with Crippen LogP contribution in [0.5, 0.6) is 0 Å². The maximum Gasteiger partial charge on any atom is 0.254 e. The molecule has 1 fully saturated rings. The lowest BCUT2D eigenvalue weighted by Gasteiger charge is -2.31. The van der Waals surface area contributed by atoms with Gasteiger partial charge in [0.25, 0.3) is 5.78 Å². The summed E-state index contributed by atoms with van der Waals surface area (Å²) in [6.45, 7) is 5.03. The van der Waals surface area contributed by atoms with Gasteiger partial charge in [0.05, 0.1) is 30.5 Å². The fourth-order valence-electron chi connectivity index (χ4n) is 3.13. The molecule has 132 valence electrons. The van der Waals surface area contributed by atoms with Crippen molar-refractivity contribution >= 4 is 11.6 Å². The SMILES string of the molecule is Cc1nc2ncnn2c(N)c1C#CC(c1ccccc1)N1CCOCC1. The van der Waals surface area contributed by atoms with Crippen molar-refractivity contribution in [3.8, 4) is 11.8 Å². The van der Waals surface area contributed by atoms with Gasteiger partial charge in [-0.15, -0.1) is 0 Å². The predicted octanol–water partition coefficient (Wildman–Crippen LogP) is 1.44. The van der Waals surface area contributed by atoms with Crippen molar-refractivity contribution in [3.63, 3.8) is 0 Å². The molecule has 0 radical (unpaired) electrons. The molecule has 1 aliphatic heterocycles. The van der Waals surface area contributed by atoms with E-state index in [1.165, 1.54) is 10.8 Å². The number of nitrogen functional groups attached to an aromatic ring is 1. The number of hydrogen-bond donors (Lipinski definition) is 1. The first-order valence-corrected chi connectivity index (χ1v) is 8.58. The number of hydrogen-bond acceptors (Lipinski definition) is 6. The number of aryl methyl sites for hydroxylation is 1. The van der Waals surface area contributed by atoms with Gasteiger partial charge in [-0.2, -0.15) is 14.6 Å². The van der Waals surface area contributed by atoms with Gasteiger partial charge in [-0.3, -0.25) is 4.90 Å². The van der Waals surface area contributed by atoms with Crippen LogP contribution in [0.15, 0.2) is 36.7 Å². The summed E-state index contributed by atoms with van der Waals surface area (Å²) in [4.78, 5) is 10.9. The van der Waals surface area contributed by atoms with Gasteiger partial charge in [-0.1, -0.05) is 42.2 Å². The monoisotopic (exact) mass is 348 g/mol. The third-order valence-corrected chi connectivity index (χ3v) is 4.50. The minimum absolute atomic E-state index is 0.0228. The van der Waals surface area contributed by atoms with Crippen molar-refractivity contribution in [2.75, 3.05) is 32.0 Å². The first-order valence-electron chi connectivity index (χ1n) is 8.58. The number of aromatic nitrogens is 4. The summed E-state index contributed by atoms with van der Waals surface area (Å²) in [5.41, 5.74) is 8.86. The highest BCUT2D eigenvalue weighted by Gasteiger charge is 2.21. The summed E-state index contributed by atoms with van der Waals surface area (Å²) in [5, 5.41) is 4.12. The molecule has 1 aliphatic rings. The van der Waals surface area contributed by atoms with Crippen molar-refractivity contribution in [1.29, 1.82) is 0 Å². The van der Waals surface area contributed by atoms with E-state index in [0.717, 1.165) is 37.6 Å². The van der Waals surface area contributed by atoms with Gasteiger partial charge in [0, 0.05) is 13.1 Å². The van der Waals surface area contributed by atoms with Crippen molar-refractivity contribution in [2.45, 2.75) is 13.0 Å². The van der Waals surface area contributed by atoms with E-state index in [2.05, 4.69) is 43.9 Å². The Morgan fingerprint density at radius 3 is 2.73 bits per heavy atom. The molecule has 1 atom stereocenters. The zero-order valence-electron chi connectivity index (χ0n) is 14.6. The van der Waals surface area contributed by atoms with Gasteiger partial charge in [0.2, 0.25) is 0 Å². The second-order valence-corrected chi connectivity index (χ2v) is 6.16. The van der Waals surface area contributed by atoms with Crippen molar-refractivity contribution in [3.05, 3.63) is 53.5 Å². The third kappa shape index (κ3) is 3.12. The normalized spacial score (nSPS) is 16.2. The number of nitrogens with zero attached hydrogens (tertiary/aromatic N) is 5. The fourth-order valence-corrected chi connectivity index (χ4v) is 3.13. The molecular weight excluding hydrogens is 328 g/mol. The number of rotatable bonds is 2. The molecule has 1 unspecified atom stereocenters. The van der Waals surface area contributed by atoms with Gasteiger partial charge in [-0.05, 0) is 12.5 Å². The number of nitrogens with two attached hydrogens (primary N) is 1. The Labute approximate surface area is 151 Å². The molecule has 0 aliphatic carbocycles. The lowest BCUT2D eigenvalue weighted by Crippen LogP contribution is -2.38. The molecule has 4 rings (SSSR count). The van der Waals surface area contributed by atoms with Crippen molar-refractivity contribution < 1.29 is 4.74 Å². The van der Waals surface area contributed by atoms with Crippen LogP contribution in [0.1, 0.15) is 22.9 Å². The maximum atomic E-state index is 6.25. The first-order chi connectivity index (χ1) is 12.7. The number of anilines is 1. The van der Waals surface area contributed by atoms with E-state index in [1.54, 1.807) is 0 Å². The molecule has 3 heterocycles. The zero-order chi connectivity index (χ0) is 17.9. The second kappa shape index (κ2) is 7.12. The molecule has 7 nitrogen and oxygen atoms in total. The third-order valence-electron chi connectivity index (χ3n) is 4.50. The molecular formula is C19H20N6O. The molecule has 1 aromatic carbocycles. The summed E-state index contributed by atoms with van der Waals surface area (Å²) in [5.74, 6) is 7.60. The van der Waals surface area contributed by atoms with Crippen LogP contribution in [-0.2, 0) is 4.74 Å². The van der Waals surface area contributed by atoms with Gasteiger partial charge in [-0.25, -0.2) is 4.98 Å². The first kappa shape index (κ1) is 16.5. The Bertz CT molecular complexity index is 966. The summed E-state index contributed by atoms with van der Waals surface area (Å²) in [7, 11) is 0. The lowest BCUT2D eigenvalue weighted by molar-refractivity contribution is 0.0270. The van der Waals surface area contributed by atoms with Crippen LogP contribution >= 0.6 is 0 Å². The maximum absolute atomic E-state index is 6.25. The fraction of sp³-hybridized carbons (Fsp3) is 0.316. The van der Waals surface area contributed by atoms with E-state index < -0.39 is 0 Å². The average Bonchev–Trinajstić information content (AvgIpc) is 3.14. The highest BCUT2D eigenvalue weighted by molar-refractivity contribution is 5.57. The largest absolute Gasteiger partial charge is 0.382 e. The van der Waals surface area contributed by atoms with E-state index in [4.69, 9.17) is 10.5 Å². The summed E-state index contributed by atoms with van der Waals surface area (Å²) >= 11 is 0. The standard InChI is InChI=1S/C19H20N6O/c1-14-16(18(20)25-19(23-14)21-13-22-25)7-8-17(15-5-3-2-4-6-15)24-9-11-26-12-10-24/h2-6,13,17H,9-12,20H2,1H3. The summed E-state index contributed by atoms with van der Waals surface area (Å²) in [6, 6.07) is 10.3. The Balaban J connectivity index is 1.75. The topological polar surface area (TPSA) is 81.6 Å². The van der Waals surface area contributed by atoms with Crippen LogP contribution in [0, 0.1) is 18.8 Å². The number of morpholine rings is 1. The van der Waals surface area contributed by atoms with Crippen LogP contribution in [0.25, 0.3) is 5.78 Å². The highest BCUT2D eigenvalue weighted by Crippen LogP contribution is 2.22. The van der Waals surface area contributed by atoms with E-state index in [-0.39, 0.29) is 6.04 Å². The van der Waals surface area contributed by atoms with Crippen LogP contribution in [-0.4, -0.2) is 50.8 Å². The van der Waals surface area contributed by atoms with Crippen LogP contribution in [0.4, 0.5) is 5.82 Å². The molecule has 2 aromatic heterocycles. The number of benzene rings is 1. The Morgan fingerprint density at radius 1 is 1.19 bits per heavy atom.